The topological polar surface area (TPSA) is 43.2 Å². The Kier molecular flexibility index (Phi) is 2.69. The fourth-order valence-electron chi connectivity index (χ4n) is 2.86. The summed E-state index contributed by atoms with van der Waals surface area (Å²) in [6.07, 6.45) is 2.62. The number of piperazine rings is 1. The Morgan fingerprint density at radius 1 is 1.29 bits per heavy atom. The van der Waals surface area contributed by atoms with Crippen molar-refractivity contribution in [3.63, 3.8) is 0 Å². The molecule has 1 aromatic rings. The molecule has 3 rings (SSSR count). The molecule has 4 nitrogen and oxygen atoms in total. The minimum atomic E-state index is 0.511. The van der Waals surface area contributed by atoms with Crippen LogP contribution >= 0.6 is 0 Å². The van der Waals surface area contributed by atoms with E-state index >= 15 is 0 Å². The highest BCUT2D eigenvalue weighted by molar-refractivity contribution is 5.42. The Hall–Kier alpha value is -1.60. The van der Waals surface area contributed by atoms with Gasteiger partial charge in [-0.2, -0.15) is 5.26 Å². The Morgan fingerprint density at radius 2 is 2.24 bits per heavy atom. The van der Waals surface area contributed by atoms with Gasteiger partial charge in [0, 0.05) is 25.7 Å². The van der Waals surface area contributed by atoms with Crippen molar-refractivity contribution >= 4 is 5.82 Å². The number of hydrogen-bond donors (Lipinski definition) is 0. The molecular weight excluding hydrogens is 212 g/mol. The SMILES string of the molecule is N#Cc1cccc(N2CCN3CCCC3C2)n1. The molecule has 17 heavy (non-hydrogen) atoms. The van der Waals surface area contributed by atoms with Crippen molar-refractivity contribution in [1.82, 2.24) is 9.88 Å². The first kappa shape index (κ1) is 10.5. The summed E-state index contributed by atoms with van der Waals surface area (Å²) in [5.74, 6) is 0.954. The smallest absolute Gasteiger partial charge is 0.142 e. The van der Waals surface area contributed by atoms with Crippen LogP contribution in [0.4, 0.5) is 5.82 Å². The molecule has 0 N–H and O–H groups in total. The van der Waals surface area contributed by atoms with Crippen LogP contribution in [0.1, 0.15) is 18.5 Å². The molecule has 1 atom stereocenters. The number of anilines is 1. The average molecular weight is 228 g/mol. The van der Waals surface area contributed by atoms with E-state index < -0.39 is 0 Å². The third kappa shape index (κ3) is 1.98. The third-order valence-electron chi connectivity index (χ3n) is 3.76. The molecule has 1 aromatic heterocycles. The Balaban J connectivity index is 1.78. The van der Waals surface area contributed by atoms with Crippen molar-refractivity contribution in [3.8, 4) is 6.07 Å². The van der Waals surface area contributed by atoms with Gasteiger partial charge in [0.2, 0.25) is 0 Å². The minimum Gasteiger partial charge on any atom is -0.354 e. The van der Waals surface area contributed by atoms with Crippen molar-refractivity contribution in [2.24, 2.45) is 0 Å². The predicted molar refractivity (Wildman–Crippen MR) is 65.8 cm³/mol. The van der Waals surface area contributed by atoms with Crippen molar-refractivity contribution in [3.05, 3.63) is 23.9 Å². The highest BCUT2D eigenvalue weighted by Crippen LogP contribution is 2.24. The van der Waals surface area contributed by atoms with E-state index in [1.54, 1.807) is 6.07 Å². The molecule has 2 aliphatic heterocycles. The van der Waals surface area contributed by atoms with E-state index in [1.165, 1.54) is 19.4 Å². The first-order chi connectivity index (χ1) is 8.36. The summed E-state index contributed by atoms with van der Waals surface area (Å²) in [6.45, 7) is 4.47. The zero-order valence-corrected chi connectivity index (χ0v) is 9.84. The van der Waals surface area contributed by atoms with E-state index in [0.717, 1.165) is 25.5 Å². The lowest BCUT2D eigenvalue weighted by atomic mass is 10.1. The van der Waals surface area contributed by atoms with Crippen LogP contribution in [0, 0.1) is 11.3 Å². The van der Waals surface area contributed by atoms with Gasteiger partial charge in [0.05, 0.1) is 0 Å². The quantitative estimate of drug-likeness (QED) is 0.725. The van der Waals surface area contributed by atoms with Gasteiger partial charge in [0.25, 0.3) is 0 Å². The van der Waals surface area contributed by atoms with Crippen LogP contribution < -0.4 is 4.90 Å². The van der Waals surface area contributed by atoms with Gasteiger partial charge in [-0.05, 0) is 31.5 Å². The van der Waals surface area contributed by atoms with Crippen molar-refractivity contribution in [2.45, 2.75) is 18.9 Å². The number of pyridine rings is 1. The van der Waals surface area contributed by atoms with Gasteiger partial charge >= 0.3 is 0 Å². The van der Waals surface area contributed by atoms with Gasteiger partial charge in [-0.1, -0.05) is 6.07 Å². The Morgan fingerprint density at radius 3 is 3.12 bits per heavy atom. The predicted octanol–water partition coefficient (Wildman–Crippen LogP) is 1.24. The van der Waals surface area contributed by atoms with Crippen LogP contribution in [0.3, 0.4) is 0 Å². The highest BCUT2D eigenvalue weighted by Gasteiger charge is 2.30. The van der Waals surface area contributed by atoms with E-state index in [2.05, 4.69) is 20.9 Å². The lowest BCUT2D eigenvalue weighted by Gasteiger charge is -2.38. The number of fused-ring (bicyclic) bond motifs is 1. The van der Waals surface area contributed by atoms with Crippen LogP contribution in [0.5, 0.6) is 0 Å². The molecule has 0 saturated carbocycles. The molecule has 2 fully saturated rings. The summed E-state index contributed by atoms with van der Waals surface area (Å²) < 4.78 is 0. The first-order valence-electron chi connectivity index (χ1n) is 6.23. The third-order valence-corrected chi connectivity index (χ3v) is 3.76. The summed E-state index contributed by atoms with van der Waals surface area (Å²) in [6, 6.07) is 8.48. The van der Waals surface area contributed by atoms with Gasteiger partial charge in [0.15, 0.2) is 0 Å². The van der Waals surface area contributed by atoms with E-state index in [4.69, 9.17) is 5.26 Å². The highest BCUT2D eigenvalue weighted by atomic mass is 15.3. The number of nitriles is 1. The van der Waals surface area contributed by atoms with Crippen LogP contribution in [-0.2, 0) is 0 Å². The molecule has 0 bridgehead atoms. The van der Waals surface area contributed by atoms with Gasteiger partial charge in [-0.3, -0.25) is 4.90 Å². The lowest BCUT2D eigenvalue weighted by Crippen LogP contribution is -2.50. The molecule has 88 valence electrons. The zero-order chi connectivity index (χ0) is 11.7. The molecule has 0 amide bonds. The maximum atomic E-state index is 8.87. The van der Waals surface area contributed by atoms with Gasteiger partial charge < -0.3 is 4.90 Å². The zero-order valence-electron chi connectivity index (χ0n) is 9.84. The molecule has 3 heterocycles. The van der Waals surface area contributed by atoms with Crippen LogP contribution in [0.15, 0.2) is 18.2 Å². The summed E-state index contributed by atoms with van der Waals surface area (Å²) in [5.41, 5.74) is 0.511. The van der Waals surface area contributed by atoms with Crippen LogP contribution in [0.2, 0.25) is 0 Å². The van der Waals surface area contributed by atoms with Gasteiger partial charge in [-0.25, -0.2) is 4.98 Å². The first-order valence-corrected chi connectivity index (χ1v) is 6.23. The second-order valence-corrected chi connectivity index (χ2v) is 4.77. The molecule has 0 aliphatic carbocycles. The van der Waals surface area contributed by atoms with Crippen LogP contribution in [-0.4, -0.2) is 42.1 Å². The maximum absolute atomic E-state index is 8.87. The maximum Gasteiger partial charge on any atom is 0.142 e. The van der Waals surface area contributed by atoms with E-state index in [0.29, 0.717) is 11.7 Å². The number of hydrogen-bond acceptors (Lipinski definition) is 4. The monoisotopic (exact) mass is 228 g/mol. The summed E-state index contributed by atoms with van der Waals surface area (Å²) in [4.78, 5) is 9.26. The number of rotatable bonds is 1. The van der Waals surface area contributed by atoms with Gasteiger partial charge in [-0.15, -0.1) is 0 Å². The Labute approximate surface area is 101 Å². The second kappa shape index (κ2) is 4.34. The number of aromatic nitrogens is 1. The normalized spacial score (nSPS) is 24.4. The fraction of sp³-hybridized carbons (Fsp3) is 0.538. The molecule has 0 spiro atoms. The van der Waals surface area contributed by atoms with Crippen LogP contribution in [0.25, 0.3) is 0 Å². The molecular formula is C13H16N4. The summed E-state index contributed by atoms with van der Waals surface area (Å²) >= 11 is 0. The van der Waals surface area contributed by atoms with E-state index in [-0.39, 0.29) is 0 Å². The summed E-state index contributed by atoms with van der Waals surface area (Å²) in [7, 11) is 0. The van der Waals surface area contributed by atoms with Crippen molar-refractivity contribution < 1.29 is 0 Å². The average Bonchev–Trinajstić information content (AvgIpc) is 2.86. The molecule has 1 unspecified atom stereocenters. The van der Waals surface area contributed by atoms with E-state index in [1.807, 2.05) is 12.1 Å². The summed E-state index contributed by atoms with van der Waals surface area (Å²) in [5, 5.41) is 8.87. The molecule has 2 saturated heterocycles. The largest absolute Gasteiger partial charge is 0.354 e. The minimum absolute atomic E-state index is 0.511. The molecule has 4 heteroatoms. The standard InChI is InChI=1S/C13H16N4/c14-9-11-3-1-5-13(15-11)17-8-7-16-6-2-4-12(16)10-17/h1,3,5,12H,2,4,6-8,10H2. The lowest BCUT2D eigenvalue weighted by molar-refractivity contribution is 0.230. The van der Waals surface area contributed by atoms with Crippen molar-refractivity contribution in [2.75, 3.05) is 31.1 Å². The second-order valence-electron chi connectivity index (χ2n) is 4.77. The molecule has 0 aromatic carbocycles. The van der Waals surface area contributed by atoms with Crippen molar-refractivity contribution in [1.29, 1.82) is 5.26 Å². The van der Waals surface area contributed by atoms with Gasteiger partial charge in [0.1, 0.15) is 17.6 Å². The molecule has 2 aliphatic rings. The Bertz CT molecular complexity index is 451. The fourth-order valence-corrected chi connectivity index (χ4v) is 2.86. The van der Waals surface area contributed by atoms with E-state index in [9.17, 15) is 0 Å². The number of nitrogens with zero attached hydrogens (tertiary/aromatic N) is 4. The molecule has 0 radical (unpaired) electrons.